The van der Waals surface area contributed by atoms with Crippen molar-refractivity contribution in [3.8, 4) is 6.07 Å². The number of methoxy groups -OCH3 is 1. The highest BCUT2D eigenvalue weighted by Gasteiger charge is 2.34. The molecule has 0 aliphatic carbocycles. The molecular weight excluding hydrogens is 462 g/mol. The summed E-state index contributed by atoms with van der Waals surface area (Å²) >= 11 is 0. The molecule has 1 saturated heterocycles. The Morgan fingerprint density at radius 3 is 2.65 bits per heavy atom. The third-order valence-electron chi connectivity index (χ3n) is 5.79. The summed E-state index contributed by atoms with van der Waals surface area (Å²) in [5, 5.41) is 17.8. The highest BCUT2D eigenvalue weighted by Crippen LogP contribution is 2.33. The predicted molar refractivity (Wildman–Crippen MR) is 122 cm³/mol. The van der Waals surface area contributed by atoms with Gasteiger partial charge in [-0.15, -0.1) is 0 Å². The SMILES string of the molecule is COC(=O)[C@@H]1CCC(C(C#N)n2nc(Nc3ccc(S(C)(=O)=O)cc3)c3c(=O)[nH]ccc32)CO1. The Balaban J connectivity index is 1.67. The van der Waals surface area contributed by atoms with Gasteiger partial charge in [-0.05, 0) is 43.2 Å². The van der Waals surface area contributed by atoms with E-state index in [0.717, 1.165) is 6.26 Å². The number of benzene rings is 1. The minimum absolute atomic E-state index is 0.165. The van der Waals surface area contributed by atoms with Crippen molar-refractivity contribution in [2.75, 3.05) is 25.3 Å². The van der Waals surface area contributed by atoms with Gasteiger partial charge in [-0.2, -0.15) is 10.4 Å². The first kappa shape index (κ1) is 23.5. The summed E-state index contributed by atoms with van der Waals surface area (Å²) in [6, 6.07) is 9.22. The third kappa shape index (κ3) is 4.52. The molecule has 0 radical (unpaired) electrons. The number of pyridine rings is 1. The van der Waals surface area contributed by atoms with E-state index in [9.17, 15) is 23.3 Å². The number of ether oxygens (including phenoxy) is 2. The number of fused-ring (bicyclic) bond motifs is 1. The number of anilines is 2. The zero-order chi connectivity index (χ0) is 24.5. The van der Waals surface area contributed by atoms with Crippen LogP contribution in [0.15, 0.2) is 46.2 Å². The lowest BCUT2D eigenvalue weighted by atomic mass is 9.92. The van der Waals surface area contributed by atoms with Crippen molar-refractivity contribution >= 4 is 38.2 Å². The number of sulfone groups is 1. The molecular formula is C22H23N5O6S. The molecule has 0 amide bonds. The van der Waals surface area contributed by atoms with Crippen LogP contribution in [0.3, 0.4) is 0 Å². The van der Waals surface area contributed by atoms with Crippen LogP contribution in [-0.4, -0.2) is 55.2 Å². The van der Waals surface area contributed by atoms with Crippen molar-refractivity contribution in [3.05, 3.63) is 46.9 Å². The van der Waals surface area contributed by atoms with E-state index in [-0.39, 0.29) is 34.2 Å². The Morgan fingerprint density at radius 2 is 2.06 bits per heavy atom. The molecule has 2 N–H and O–H groups in total. The fourth-order valence-corrected chi connectivity index (χ4v) is 4.65. The Bertz CT molecular complexity index is 1410. The lowest BCUT2D eigenvalue weighted by Gasteiger charge is -2.30. The van der Waals surface area contributed by atoms with Gasteiger partial charge in [0, 0.05) is 24.1 Å². The minimum atomic E-state index is -3.35. The number of hydrogen-bond acceptors (Lipinski definition) is 9. The van der Waals surface area contributed by atoms with E-state index in [4.69, 9.17) is 9.47 Å². The van der Waals surface area contributed by atoms with Crippen LogP contribution in [0.25, 0.3) is 10.9 Å². The van der Waals surface area contributed by atoms with Crippen LogP contribution in [0.5, 0.6) is 0 Å². The molecule has 3 heterocycles. The van der Waals surface area contributed by atoms with Gasteiger partial charge in [0.25, 0.3) is 5.56 Å². The second-order valence-electron chi connectivity index (χ2n) is 8.04. The molecule has 34 heavy (non-hydrogen) atoms. The standard InChI is InChI=1S/C22H23N5O6S/c1-32-22(29)18-8-3-13(12-33-18)17(11-23)27-16-9-10-24-21(28)19(16)20(26-27)25-14-4-6-15(7-5-14)34(2,30)31/h4-7,9-10,13,17-18H,3,8,12H2,1-2H3,(H,24,28)(H,25,26)/t13?,17?,18-/m0/s1. The maximum absolute atomic E-state index is 12.6. The van der Waals surface area contributed by atoms with Crippen molar-refractivity contribution in [2.24, 2.45) is 5.92 Å². The summed E-state index contributed by atoms with van der Waals surface area (Å²) in [7, 11) is -2.05. The maximum Gasteiger partial charge on any atom is 0.334 e. The highest BCUT2D eigenvalue weighted by molar-refractivity contribution is 7.90. The molecule has 4 rings (SSSR count). The first-order chi connectivity index (χ1) is 16.2. The number of nitrogens with zero attached hydrogens (tertiary/aromatic N) is 3. The Kier molecular flexibility index (Phi) is 6.41. The largest absolute Gasteiger partial charge is 0.467 e. The average molecular weight is 486 g/mol. The van der Waals surface area contributed by atoms with Crippen LogP contribution in [0.2, 0.25) is 0 Å². The van der Waals surface area contributed by atoms with E-state index in [1.54, 1.807) is 18.2 Å². The number of aromatic nitrogens is 3. The van der Waals surface area contributed by atoms with E-state index in [1.165, 1.54) is 30.1 Å². The van der Waals surface area contributed by atoms with Crippen molar-refractivity contribution in [1.29, 1.82) is 5.26 Å². The van der Waals surface area contributed by atoms with E-state index in [1.807, 2.05) is 0 Å². The molecule has 3 atom stereocenters. The summed E-state index contributed by atoms with van der Waals surface area (Å²) in [4.78, 5) is 27.2. The number of hydrogen-bond donors (Lipinski definition) is 2. The van der Waals surface area contributed by atoms with Crippen molar-refractivity contribution in [3.63, 3.8) is 0 Å². The summed E-state index contributed by atoms with van der Waals surface area (Å²) in [6.07, 6.45) is 2.89. The zero-order valence-electron chi connectivity index (χ0n) is 18.5. The summed E-state index contributed by atoms with van der Waals surface area (Å²) in [5.41, 5.74) is 0.597. The van der Waals surface area contributed by atoms with Crippen LogP contribution in [0.4, 0.5) is 11.5 Å². The van der Waals surface area contributed by atoms with Gasteiger partial charge in [0.2, 0.25) is 0 Å². The predicted octanol–water partition coefficient (Wildman–Crippen LogP) is 1.90. The molecule has 0 spiro atoms. The molecule has 11 nitrogen and oxygen atoms in total. The van der Waals surface area contributed by atoms with Gasteiger partial charge in [-0.1, -0.05) is 0 Å². The first-order valence-corrected chi connectivity index (χ1v) is 12.4. The van der Waals surface area contributed by atoms with Crippen molar-refractivity contribution < 1.29 is 22.7 Å². The molecule has 0 bridgehead atoms. The van der Waals surface area contributed by atoms with Crippen LogP contribution in [0.1, 0.15) is 18.9 Å². The van der Waals surface area contributed by atoms with Gasteiger partial charge < -0.3 is 19.8 Å². The Hall–Kier alpha value is -3.69. The number of H-pyrrole nitrogens is 1. The lowest BCUT2D eigenvalue weighted by molar-refractivity contribution is -0.159. The van der Waals surface area contributed by atoms with E-state index in [0.29, 0.717) is 24.0 Å². The third-order valence-corrected chi connectivity index (χ3v) is 6.92. The molecule has 2 aromatic heterocycles. The van der Waals surface area contributed by atoms with E-state index in [2.05, 4.69) is 21.5 Å². The van der Waals surface area contributed by atoms with Gasteiger partial charge >= 0.3 is 5.97 Å². The number of carbonyl (C=O) groups excluding carboxylic acids is 1. The molecule has 2 unspecified atom stereocenters. The number of esters is 1. The molecule has 1 aromatic carbocycles. The lowest BCUT2D eigenvalue weighted by Crippen LogP contribution is -2.36. The summed E-state index contributed by atoms with van der Waals surface area (Å²) < 4.78 is 35.3. The smallest absolute Gasteiger partial charge is 0.334 e. The van der Waals surface area contributed by atoms with Crippen LogP contribution < -0.4 is 10.9 Å². The number of carbonyl (C=O) groups is 1. The van der Waals surface area contributed by atoms with Crippen LogP contribution in [-0.2, 0) is 24.1 Å². The van der Waals surface area contributed by atoms with E-state index >= 15 is 0 Å². The number of rotatable bonds is 6. The molecule has 3 aromatic rings. The Labute approximate surface area is 195 Å². The summed E-state index contributed by atoms with van der Waals surface area (Å²) in [5.74, 6) is -0.472. The van der Waals surface area contributed by atoms with Crippen molar-refractivity contribution in [2.45, 2.75) is 29.9 Å². The van der Waals surface area contributed by atoms with Gasteiger partial charge in [0.1, 0.15) is 11.4 Å². The summed E-state index contributed by atoms with van der Waals surface area (Å²) in [6.45, 7) is 0.165. The molecule has 1 aliphatic rings. The monoisotopic (exact) mass is 485 g/mol. The van der Waals surface area contributed by atoms with Gasteiger partial charge in [0.05, 0.1) is 30.2 Å². The Morgan fingerprint density at radius 1 is 1.32 bits per heavy atom. The molecule has 178 valence electrons. The van der Waals surface area contributed by atoms with Gasteiger partial charge in [-0.3, -0.25) is 4.79 Å². The normalized spacial score (nSPS) is 19.3. The van der Waals surface area contributed by atoms with Crippen LogP contribution in [0, 0.1) is 17.2 Å². The fourth-order valence-electron chi connectivity index (χ4n) is 4.02. The van der Waals surface area contributed by atoms with Gasteiger partial charge in [-0.25, -0.2) is 17.9 Å². The van der Waals surface area contributed by atoms with E-state index < -0.39 is 28.0 Å². The highest BCUT2D eigenvalue weighted by atomic mass is 32.2. The molecule has 0 saturated carbocycles. The van der Waals surface area contributed by atoms with Crippen molar-refractivity contribution in [1.82, 2.24) is 14.8 Å². The minimum Gasteiger partial charge on any atom is -0.467 e. The first-order valence-electron chi connectivity index (χ1n) is 10.5. The zero-order valence-corrected chi connectivity index (χ0v) is 19.3. The second-order valence-corrected chi connectivity index (χ2v) is 10.1. The topological polar surface area (TPSA) is 156 Å². The molecule has 12 heteroatoms. The second kappa shape index (κ2) is 9.28. The number of nitrogens with one attached hydrogen (secondary N) is 2. The quantitative estimate of drug-likeness (QED) is 0.498. The average Bonchev–Trinajstić information content (AvgIpc) is 3.18. The van der Waals surface area contributed by atoms with Gasteiger partial charge in [0.15, 0.2) is 21.8 Å². The fraction of sp³-hybridized carbons (Fsp3) is 0.364. The number of aromatic amines is 1. The molecule has 1 fully saturated rings. The van der Waals surface area contributed by atoms with Crippen LogP contribution >= 0.6 is 0 Å². The molecule has 1 aliphatic heterocycles. The maximum atomic E-state index is 12.6. The number of nitriles is 1.